The van der Waals surface area contributed by atoms with E-state index in [9.17, 15) is 4.79 Å². The molecular formula is C23H38N4O. The van der Waals surface area contributed by atoms with Crippen molar-refractivity contribution in [1.82, 2.24) is 19.6 Å². The molecule has 0 aromatic carbocycles. The fourth-order valence-corrected chi connectivity index (χ4v) is 5.17. The summed E-state index contributed by atoms with van der Waals surface area (Å²) in [5, 5.41) is 4.64. The predicted octanol–water partition coefficient (Wildman–Crippen LogP) is 3.73. The molecule has 0 bridgehead atoms. The van der Waals surface area contributed by atoms with Crippen LogP contribution in [0.1, 0.15) is 62.4 Å². The molecule has 28 heavy (non-hydrogen) atoms. The minimum Gasteiger partial charge on any atom is -0.345 e. The van der Waals surface area contributed by atoms with Crippen LogP contribution in [0, 0.1) is 19.8 Å². The highest BCUT2D eigenvalue weighted by molar-refractivity contribution is 5.76. The number of carbonyl (C=O) groups is 1. The minimum absolute atomic E-state index is 0.263. The SMILES string of the molecule is C=C(C)Cn1nc(C)c(CCC(=O)N(C)CC2CCCN3CCCCC23)c1C. The quantitative estimate of drug-likeness (QED) is 0.671. The lowest BCUT2D eigenvalue weighted by Gasteiger charge is -2.45. The number of aryl methyl sites for hydroxylation is 1. The monoisotopic (exact) mass is 386 g/mol. The summed E-state index contributed by atoms with van der Waals surface area (Å²) in [5.74, 6) is 0.907. The number of allylic oxidation sites excluding steroid dienone is 1. The van der Waals surface area contributed by atoms with E-state index in [2.05, 4.69) is 23.5 Å². The van der Waals surface area contributed by atoms with E-state index in [-0.39, 0.29) is 5.91 Å². The Morgan fingerprint density at radius 3 is 2.71 bits per heavy atom. The second-order valence-corrected chi connectivity index (χ2v) is 9.04. The Balaban J connectivity index is 1.55. The van der Waals surface area contributed by atoms with Crippen molar-refractivity contribution in [2.75, 3.05) is 26.7 Å². The lowest BCUT2D eigenvalue weighted by Crippen LogP contribution is -2.51. The normalized spacial score (nSPS) is 22.7. The maximum absolute atomic E-state index is 12.8. The second-order valence-electron chi connectivity index (χ2n) is 9.04. The van der Waals surface area contributed by atoms with Gasteiger partial charge in [-0.1, -0.05) is 18.6 Å². The van der Waals surface area contributed by atoms with E-state index in [0.717, 1.165) is 30.8 Å². The molecule has 2 aliphatic heterocycles. The molecule has 5 heteroatoms. The van der Waals surface area contributed by atoms with Crippen molar-refractivity contribution in [1.29, 1.82) is 0 Å². The molecule has 3 heterocycles. The average molecular weight is 387 g/mol. The molecule has 2 atom stereocenters. The Labute approximate surface area is 170 Å². The Morgan fingerprint density at radius 2 is 1.96 bits per heavy atom. The van der Waals surface area contributed by atoms with Crippen LogP contribution in [0.5, 0.6) is 0 Å². The van der Waals surface area contributed by atoms with E-state index in [1.807, 2.05) is 30.5 Å². The lowest BCUT2D eigenvalue weighted by atomic mass is 9.83. The summed E-state index contributed by atoms with van der Waals surface area (Å²) in [4.78, 5) is 17.5. The van der Waals surface area contributed by atoms with Crippen molar-refractivity contribution in [2.45, 2.75) is 78.3 Å². The number of carbonyl (C=O) groups excluding carboxylic acids is 1. The van der Waals surface area contributed by atoms with Crippen LogP contribution in [-0.4, -0.2) is 58.2 Å². The van der Waals surface area contributed by atoms with Crippen LogP contribution >= 0.6 is 0 Å². The highest BCUT2D eigenvalue weighted by atomic mass is 16.2. The molecule has 1 aromatic rings. The minimum atomic E-state index is 0.263. The summed E-state index contributed by atoms with van der Waals surface area (Å²) < 4.78 is 2.01. The van der Waals surface area contributed by atoms with Crippen molar-refractivity contribution in [2.24, 2.45) is 5.92 Å². The summed E-state index contributed by atoms with van der Waals surface area (Å²) in [6, 6.07) is 0.697. The van der Waals surface area contributed by atoms with Gasteiger partial charge in [-0.05, 0) is 77.4 Å². The van der Waals surface area contributed by atoms with Gasteiger partial charge < -0.3 is 9.80 Å². The first kappa shape index (κ1) is 21.1. The van der Waals surface area contributed by atoms with E-state index in [1.54, 1.807) is 0 Å². The molecule has 156 valence electrons. The van der Waals surface area contributed by atoms with Gasteiger partial charge in [-0.2, -0.15) is 5.10 Å². The van der Waals surface area contributed by atoms with E-state index >= 15 is 0 Å². The molecule has 2 fully saturated rings. The molecule has 0 N–H and O–H groups in total. The Bertz CT molecular complexity index is 706. The van der Waals surface area contributed by atoms with Crippen molar-refractivity contribution in [3.8, 4) is 0 Å². The van der Waals surface area contributed by atoms with Crippen LogP contribution in [0.25, 0.3) is 0 Å². The average Bonchev–Trinajstić information content (AvgIpc) is 2.92. The van der Waals surface area contributed by atoms with Gasteiger partial charge in [-0.15, -0.1) is 0 Å². The van der Waals surface area contributed by atoms with Gasteiger partial charge in [0.25, 0.3) is 0 Å². The van der Waals surface area contributed by atoms with Gasteiger partial charge in [0.15, 0.2) is 0 Å². The second kappa shape index (κ2) is 9.25. The lowest BCUT2D eigenvalue weighted by molar-refractivity contribution is -0.131. The molecule has 0 radical (unpaired) electrons. The smallest absolute Gasteiger partial charge is 0.222 e. The largest absolute Gasteiger partial charge is 0.345 e. The van der Waals surface area contributed by atoms with Crippen LogP contribution < -0.4 is 0 Å². The number of aromatic nitrogens is 2. The van der Waals surface area contributed by atoms with E-state index < -0.39 is 0 Å². The molecule has 0 spiro atoms. The third-order valence-corrected chi connectivity index (χ3v) is 6.70. The van der Waals surface area contributed by atoms with Crippen LogP contribution in [0.2, 0.25) is 0 Å². The van der Waals surface area contributed by atoms with Crippen molar-refractivity contribution in [3.05, 3.63) is 29.1 Å². The molecule has 2 saturated heterocycles. The maximum Gasteiger partial charge on any atom is 0.222 e. The molecule has 3 rings (SSSR count). The zero-order valence-corrected chi connectivity index (χ0v) is 18.3. The fourth-order valence-electron chi connectivity index (χ4n) is 5.17. The van der Waals surface area contributed by atoms with Gasteiger partial charge >= 0.3 is 0 Å². The van der Waals surface area contributed by atoms with Gasteiger partial charge in [-0.3, -0.25) is 9.48 Å². The van der Waals surface area contributed by atoms with Crippen LogP contribution in [0.15, 0.2) is 12.2 Å². The number of amides is 1. The van der Waals surface area contributed by atoms with Gasteiger partial charge in [-0.25, -0.2) is 0 Å². The first-order chi connectivity index (χ1) is 13.4. The summed E-state index contributed by atoms with van der Waals surface area (Å²) in [5.41, 5.74) is 4.52. The van der Waals surface area contributed by atoms with Crippen molar-refractivity contribution in [3.63, 3.8) is 0 Å². The highest BCUT2D eigenvalue weighted by Crippen LogP contribution is 2.31. The fraction of sp³-hybridized carbons (Fsp3) is 0.739. The summed E-state index contributed by atoms with van der Waals surface area (Å²) in [6.07, 6.45) is 7.90. The molecule has 2 aliphatic rings. The van der Waals surface area contributed by atoms with Gasteiger partial charge in [0.1, 0.15) is 0 Å². The van der Waals surface area contributed by atoms with Gasteiger partial charge in [0.2, 0.25) is 5.91 Å². The number of rotatable bonds is 7. The highest BCUT2D eigenvalue weighted by Gasteiger charge is 2.34. The van der Waals surface area contributed by atoms with E-state index in [1.165, 1.54) is 56.5 Å². The number of nitrogens with zero attached hydrogens (tertiary/aromatic N) is 4. The molecular weight excluding hydrogens is 348 g/mol. The summed E-state index contributed by atoms with van der Waals surface area (Å²) in [7, 11) is 1.99. The van der Waals surface area contributed by atoms with Gasteiger partial charge in [0.05, 0.1) is 12.2 Å². The molecule has 0 aliphatic carbocycles. The topological polar surface area (TPSA) is 41.4 Å². The summed E-state index contributed by atoms with van der Waals surface area (Å²) in [6.45, 7) is 14.3. The molecule has 5 nitrogen and oxygen atoms in total. The van der Waals surface area contributed by atoms with Crippen molar-refractivity contribution < 1.29 is 4.79 Å². The molecule has 1 amide bonds. The Kier molecular flexibility index (Phi) is 6.97. The van der Waals surface area contributed by atoms with Crippen LogP contribution in [0.4, 0.5) is 0 Å². The Hall–Kier alpha value is -1.62. The van der Waals surface area contributed by atoms with Gasteiger partial charge in [0, 0.05) is 31.7 Å². The number of hydrogen-bond donors (Lipinski definition) is 0. The van der Waals surface area contributed by atoms with E-state index in [4.69, 9.17) is 0 Å². The zero-order valence-electron chi connectivity index (χ0n) is 18.3. The third kappa shape index (κ3) is 4.86. The predicted molar refractivity (Wildman–Crippen MR) is 114 cm³/mol. The van der Waals surface area contributed by atoms with E-state index in [0.29, 0.717) is 18.4 Å². The van der Waals surface area contributed by atoms with Crippen LogP contribution in [-0.2, 0) is 17.8 Å². The van der Waals surface area contributed by atoms with Crippen molar-refractivity contribution >= 4 is 5.91 Å². The third-order valence-electron chi connectivity index (χ3n) is 6.70. The zero-order chi connectivity index (χ0) is 20.3. The maximum atomic E-state index is 12.8. The number of hydrogen-bond acceptors (Lipinski definition) is 3. The Morgan fingerprint density at radius 1 is 1.21 bits per heavy atom. The summed E-state index contributed by atoms with van der Waals surface area (Å²) >= 11 is 0. The standard InChI is InChI=1S/C23H38N4O/c1-17(2)15-27-19(4)21(18(3)24-27)11-12-23(28)25(5)16-20-9-8-14-26-13-7-6-10-22(20)26/h20,22H,1,6-16H2,2-5H3. The molecule has 0 saturated carbocycles. The first-order valence-corrected chi connectivity index (χ1v) is 11.0. The molecule has 1 aromatic heterocycles. The first-order valence-electron chi connectivity index (χ1n) is 11.0. The van der Waals surface area contributed by atoms with Crippen LogP contribution in [0.3, 0.4) is 0 Å². The molecule has 2 unspecified atom stereocenters. The number of piperidine rings is 2. The number of fused-ring (bicyclic) bond motifs is 1.